The van der Waals surface area contributed by atoms with Gasteiger partial charge in [-0.3, -0.25) is 9.13 Å². The first-order valence-corrected chi connectivity index (χ1v) is 16.6. The first-order valence-electron chi connectivity index (χ1n) is 13.8. The molecule has 0 saturated heterocycles. The standard InChI is InChI=1S/C28H28N10O2S4/c1-17-7-5-9-19(13-17)37-21(29-33-25(37)43-15-23-31-35-27(41)39-23)11-3-4-12-22-30-34-26(44-16-24-32-36-28(42)40-24)38(22)20-10-6-8-18(2)14-20/h5-10,13-14H,3-4,11-12,15-16H2,1-2H3,(H,35,41)(H,36,42). The van der Waals surface area contributed by atoms with Crippen LogP contribution < -0.4 is 0 Å². The lowest BCUT2D eigenvalue weighted by molar-refractivity contribution is 0.500. The van der Waals surface area contributed by atoms with Gasteiger partial charge >= 0.3 is 0 Å². The van der Waals surface area contributed by atoms with Crippen LogP contribution in [0.5, 0.6) is 0 Å². The molecule has 0 radical (unpaired) electrons. The lowest BCUT2D eigenvalue weighted by Gasteiger charge is -2.12. The first-order chi connectivity index (χ1) is 21.4. The van der Waals surface area contributed by atoms with E-state index in [-0.39, 0.29) is 9.67 Å². The van der Waals surface area contributed by atoms with Gasteiger partial charge in [-0.2, -0.15) is 0 Å². The maximum absolute atomic E-state index is 5.43. The van der Waals surface area contributed by atoms with Crippen LogP contribution in [-0.4, -0.2) is 49.9 Å². The monoisotopic (exact) mass is 664 g/mol. The number of rotatable bonds is 13. The van der Waals surface area contributed by atoms with E-state index >= 15 is 0 Å². The summed E-state index contributed by atoms with van der Waals surface area (Å²) in [7, 11) is 0. The van der Waals surface area contributed by atoms with Crippen molar-refractivity contribution in [2.45, 2.75) is 61.3 Å². The average molecular weight is 665 g/mol. The zero-order chi connectivity index (χ0) is 30.5. The third-order valence-electron chi connectivity index (χ3n) is 6.59. The molecule has 0 unspecified atom stereocenters. The Bertz CT molecular complexity index is 1840. The summed E-state index contributed by atoms with van der Waals surface area (Å²) in [6, 6.07) is 16.6. The zero-order valence-corrected chi connectivity index (χ0v) is 27.2. The molecule has 4 aromatic heterocycles. The second-order valence-corrected chi connectivity index (χ2v) is 12.6. The number of aromatic amines is 2. The van der Waals surface area contributed by atoms with E-state index in [9.17, 15) is 0 Å². The van der Waals surface area contributed by atoms with Gasteiger partial charge in [0, 0.05) is 24.2 Å². The highest BCUT2D eigenvalue weighted by atomic mass is 32.2. The molecule has 16 heteroatoms. The first kappa shape index (κ1) is 30.2. The van der Waals surface area contributed by atoms with Gasteiger partial charge in [-0.25, -0.2) is 10.2 Å². The van der Waals surface area contributed by atoms with E-state index in [0.717, 1.165) is 70.1 Å². The molecule has 44 heavy (non-hydrogen) atoms. The molecule has 0 bridgehead atoms. The molecule has 0 aliphatic heterocycles. The minimum absolute atomic E-state index is 0.254. The van der Waals surface area contributed by atoms with E-state index in [1.807, 2.05) is 12.1 Å². The number of H-pyrrole nitrogens is 2. The van der Waals surface area contributed by atoms with Crippen LogP contribution in [0.2, 0.25) is 0 Å². The van der Waals surface area contributed by atoms with Crippen molar-refractivity contribution in [1.82, 2.24) is 49.9 Å². The molecule has 0 spiro atoms. The van der Waals surface area contributed by atoms with Crippen LogP contribution in [0, 0.1) is 23.5 Å². The lowest BCUT2D eigenvalue weighted by atomic mass is 10.1. The van der Waals surface area contributed by atoms with Gasteiger partial charge in [-0.05, 0) is 86.5 Å². The molecule has 0 aliphatic carbocycles. The van der Waals surface area contributed by atoms with E-state index in [1.165, 1.54) is 23.5 Å². The predicted molar refractivity (Wildman–Crippen MR) is 171 cm³/mol. The van der Waals surface area contributed by atoms with E-state index < -0.39 is 0 Å². The number of aromatic nitrogens is 10. The highest BCUT2D eigenvalue weighted by Gasteiger charge is 2.18. The maximum atomic E-state index is 5.43. The van der Waals surface area contributed by atoms with E-state index in [4.69, 9.17) is 33.3 Å². The number of nitrogens with zero attached hydrogens (tertiary/aromatic N) is 8. The van der Waals surface area contributed by atoms with Crippen molar-refractivity contribution in [2.24, 2.45) is 0 Å². The molecule has 6 aromatic rings. The highest BCUT2D eigenvalue weighted by molar-refractivity contribution is 7.98. The van der Waals surface area contributed by atoms with Gasteiger partial charge in [0.25, 0.3) is 9.67 Å². The Morgan fingerprint density at radius 2 is 1.14 bits per heavy atom. The van der Waals surface area contributed by atoms with Crippen LogP contribution in [0.15, 0.2) is 67.7 Å². The molecule has 226 valence electrons. The maximum Gasteiger partial charge on any atom is 0.284 e. The summed E-state index contributed by atoms with van der Waals surface area (Å²) in [5.74, 6) is 3.77. The minimum Gasteiger partial charge on any atom is -0.413 e. The predicted octanol–water partition coefficient (Wildman–Crippen LogP) is 6.71. The van der Waals surface area contributed by atoms with Gasteiger partial charge in [0.2, 0.25) is 11.8 Å². The normalized spacial score (nSPS) is 11.4. The summed E-state index contributed by atoms with van der Waals surface area (Å²) in [6.07, 6.45) is 3.27. The molecule has 0 atom stereocenters. The molecular weight excluding hydrogens is 637 g/mol. The van der Waals surface area contributed by atoms with Crippen LogP contribution >= 0.6 is 48.0 Å². The summed E-state index contributed by atoms with van der Waals surface area (Å²) in [5, 5.41) is 33.2. The molecule has 0 saturated carbocycles. The van der Waals surface area contributed by atoms with E-state index in [2.05, 4.69) is 100 Å². The van der Waals surface area contributed by atoms with Crippen molar-refractivity contribution >= 4 is 48.0 Å². The Kier molecular flexibility index (Phi) is 9.49. The summed E-state index contributed by atoms with van der Waals surface area (Å²) in [5.41, 5.74) is 4.35. The molecule has 2 aromatic carbocycles. The second kappa shape index (κ2) is 13.8. The number of aryl methyl sites for hydroxylation is 4. The number of hydrogen-bond donors (Lipinski definition) is 2. The number of unbranched alkanes of at least 4 members (excludes halogenated alkanes) is 1. The highest BCUT2D eigenvalue weighted by Crippen LogP contribution is 2.28. The third-order valence-corrected chi connectivity index (χ3v) is 8.76. The van der Waals surface area contributed by atoms with Crippen LogP contribution in [0.1, 0.15) is 47.4 Å². The Morgan fingerprint density at radius 3 is 1.52 bits per heavy atom. The molecule has 12 nitrogen and oxygen atoms in total. The topological polar surface area (TPSA) is 145 Å². The van der Waals surface area contributed by atoms with Crippen molar-refractivity contribution in [3.63, 3.8) is 0 Å². The lowest BCUT2D eigenvalue weighted by Crippen LogP contribution is -2.06. The smallest absolute Gasteiger partial charge is 0.284 e. The van der Waals surface area contributed by atoms with Crippen molar-refractivity contribution in [3.05, 3.63) is 92.8 Å². The third kappa shape index (κ3) is 7.26. The SMILES string of the molecule is Cc1cccc(-n2c(CCCCc3nnc(SCc4n[nH]c(=S)o4)n3-c3cccc(C)c3)nnc2SCc2n[nH]c(=S)o2)c1. The Labute approximate surface area is 271 Å². The van der Waals surface area contributed by atoms with Gasteiger partial charge in [-0.15, -0.1) is 30.6 Å². The van der Waals surface area contributed by atoms with Gasteiger partial charge < -0.3 is 8.83 Å². The summed E-state index contributed by atoms with van der Waals surface area (Å²) >= 11 is 13.0. The second-order valence-electron chi connectivity index (χ2n) is 9.94. The molecule has 6 rings (SSSR count). The van der Waals surface area contributed by atoms with Crippen molar-refractivity contribution in [2.75, 3.05) is 0 Å². The van der Waals surface area contributed by atoms with Crippen LogP contribution in [0.4, 0.5) is 0 Å². The molecule has 0 amide bonds. The number of thioether (sulfide) groups is 2. The molecule has 2 N–H and O–H groups in total. The van der Waals surface area contributed by atoms with Crippen molar-refractivity contribution in [1.29, 1.82) is 0 Å². The quantitative estimate of drug-likeness (QED) is 0.0769. The van der Waals surface area contributed by atoms with E-state index in [0.29, 0.717) is 23.3 Å². The summed E-state index contributed by atoms with van der Waals surface area (Å²) < 4.78 is 15.1. The van der Waals surface area contributed by atoms with Crippen LogP contribution in [-0.2, 0) is 24.3 Å². The Morgan fingerprint density at radius 1 is 0.682 bits per heavy atom. The number of hydrogen-bond acceptors (Lipinski definition) is 12. The Balaban J connectivity index is 1.17. The van der Waals surface area contributed by atoms with Gasteiger partial charge in [0.05, 0.1) is 11.5 Å². The molecular formula is C28H28N10O2S4. The van der Waals surface area contributed by atoms with E-state index in [1.54, 1.807) is 0 Å². The van der Waals surface area contributed by atoms with Gasteiger partial charge in [0.15, 0.2) is 10.3 Å². The minimum atomic E-state index is 0.254. The molecule has 4 heterocycles. The fourth-order valence-corrected chi connectivity index (χ4v) is 6.54. The van der Waals surface area contributed by atoms with Crippen LogP contribution in [0.25, 0.3) is 11.4 Å². The van der Waals surface area contributed by atoms with Gasteiger partial charge in [-0.1, -0.05) is 47.8 Å². The number of benzene rings is 2. The summed E-state index contributed by atoms with van der Waals surface area (Å²) in [4.78, 5) is 0.508. The number of nitrogens with one attached hydrogen (secondary N) is 2. The zero-order valence-electron chi connectivity index (χ0n) is 23.9. The van der Waals surface area contributed by atoms with Crippen molar-refractivity contribution < 1.29 is 8.83 Å². The van der Waals surface area contributed by atoms with Crippen LogP contribution in [0.3, 0.4) is 0 Å². The fourth-order valence-electron chi connectivity index (χ4n) is 4.63. The largest absolute Gasteiger partial charge is 0.413 e. The fraction of sp³-hybridized carbons (Fsp3) is 0.286. The molecule has 0 aliphatic rings. The van der Waals surface area contributed by atoms with Crippen molar-refractivity contribution in [3.8, 4) is 11.4 Å². The average Bonchev–Trinajstić information content (AvgIpc) is 3.80. The van der Waals surface area contributed by atoms with Gasteiger partial charge in [0.1, 0.15) is 11.6 Å². The Hall–Kier alpha value is -3.86. The summed E-state index contributed by atoms with van der Waals surface area (Å²) in [6.45, 7) is 4.15. The molecule has 0 fully saturated rings.